The fraction of sp³-hybridized carbons (Fsp3) is 0.409. The summed E-state index contributed by atoms with van der Waals surface area (Å²) in [4.78, 5) is 6.72. The number of benzene rings is 2. The molecule has 2 N–H and O–H groups in total. The standard InChI is InChI=1S/C22H30F2N4O/c1-5-25-22(26-13-17-7-9-18(10-8-17)15-28(3)4)27-14-19-12-16(2)6-11-20(19)29-21(23)24/h6-12,21H,5,13-15H2,1-4H3,(H2,25,26,27). The molecule has 5 nitrogen and oxygen atoms in total. The third-order valence-corrected chi connectivity index (χ3v) is 4.16. The first-order chi connectivity index (χ1) is 13.9. The van der Waals surface area contributed by atoms with E-state index >= 15 is 0 Å². The molecule has 158 valence electrons. The van der Waals surface area contributed by atoms with Gasteiger partial charge in [0.25, 0.3) is 0 Å². The molecule has 0 spiro atoms. The lowest BCUT2D eigenvalue weighted by atomic mass is 10.1. The minimum Gasteiger partial charge on any atom is -0.434 e. The molecule has 0 aliphatic rings. The van der Waals surface area contributed by atoms with Crippen LogP contribution in [0.3, 0.4) is 0 Å². The van der Waals surface area contributed by atoms with Crippen LogP contribution in [0, 0.1) is 6.92 Å². The fourth-order valence-electron chi connectivity index (χ4n) is 2.86. The van der Waals surface area contributed by atoms with Crippen LogP contribution >= 0.6 is 0 Å². The number of hydrogen-bond donors (Lipinski definition) is 2. The van der Waals surface area contributed by atoms with E-state index in [1.165, 1.54) is 5.56 Å². The van der Waals surface area contributed by atoms with E-state index < -0.39 is 6.61 Å². The number of hydrogen-bond acceptors (Lipinski definition) is 3. The van der Waals surface area contributed by atoms with Gasteiger partial charge in [0.15, 0.2) is 5.96 Å². The normalized spacial score (nSPS) is 11.8. The van der Waals surface area contributed by atoms with E-state index in [0.29, 0.717) is 31.2 Å². The van der Waals surface area contributed by atoms with E-state index in [1.807, 2.05) is 34.0 Å². The van der Waals surface area contributed by atoms with Crippen molar-refractivity contribution < 1.29 is 13.5 Å². The van der Waals surface area contributed by atoms with Crippen molar-refractivity contribution in [2.45, 2.75) is 40.1 Å². The zero-order chi connectivity index (χ0) is 21.2. The smallest absolute Gasteiger partial charge is 0.387 e. The minimum absolute atomic E-state index is 0.172. The van der Waals surface area contributed by atoms with E-state index in [1.54, 1.807) is 12.1 Å². The zero-order valence-electron chi connectivity index (χ0n) is 17.5. The molecular weight excluding hydrogens is 374 g/mol. The van der Waals surface area contributed by atoms with Gasteiger partial charge in [0.1, 0.15) is 5.75 Å². The molecule has 29 heavy (non-hydrogen) atoms. The summed E-state index contributed by atoms with van der Waals surface area (Å²) in [6, 6.07) is 13.5. The van der Waals surface area contributed by atoms with Gasteiger partial charge in [-0.1, -0.05) is 42.0 Å². The second-order valence-corrected chi connectivity index (χ2v) is 7.09. The Bertz CT molecular complexity index is 792. The Morgan fingerprint density at radius 2 is 1.76 bits per heavy atom. The monoisotopic (exact) mass is 404 g/mol. The average molecular weight is 405 g/mol. The molecular formula is C22H30F2N4O. The van der Waals surface area contributed by atoms with Crippen LogP contribution in [0.1, 0.15) is 29.2 Å². The first kappa shape index (κ1) is 22.6. The number of guanidine groups is 1. The molecule has 0 heterocycles. The van der Waals surface area contributed by atoms with Gasteiger partial charge in [0.05, 0.1) is 6.54 Å². The number of nitrogens with zero attached hydrogens (tertiary/aromatic N) is 2. The highest BCUT2D eigenvalue weighted by atomic mass is 19.3. The first-order valence-corrected chi connectivity index (χ1v) is 9.66. The van der Waals surface area contributed by atoms with Gasteiger partial charge in [0.2, 0.25) is 0 Å². The number of nitrogens with one attached hydrogen (secondary N) is 2. The molecule has 0 atom stereocenters. The summed E-state index contributed by atoms with van der Waals surface area (Å²) in [5, 5.41) is 6.37. The van der Waals surface area contributed by atoms with Crippen molar-refractivity contribution in [3.8, 4) is 5.75 Å². The summed E-state index contributed by atoms with van der Waals surface area (Å²) in [5.41, 5.74) is 3.98. The maximum atomic E-state index is 12.6. The molecule has 0 saturated heterocycles. The van der Waals surface area contributed by atoms with Gasteiger partial charge < -0.3 is 20.3 Å². The van der Waals surface area contributed by atoms with E-state index in [9.17, 15) is 8.78 Å². The number of halogens is 2. The van der Waals surface area contributed by atoms with Gasteiger partial charge in [-0.2, -0.15) is 8.78 Å². The van der Waals surface area contributed by atoms with Gasteiger partial charge in [-0.05, 0) is 45.1 Å². The Labute approximate surface area is 171 Å². The topological polar surface area (TPSA) is 48.9 Å². The molecule has 0 bridgehead atoms. The van der Waals surface area contributed by atoms with Gasteiger partial charge in [-0.15, -0.1) is 0 Å². The van der Waals surface area contributed by atoms with E-state index in [-0.39, 0.29) is 5.75 Å². The van der Waals surface area contributed by atoms with E-state index in [2.05, 4.69) is 49.5 Å². The third-order valence-electron chi connectivity index (χ3n) is 4.16. The van der Waals surface area contributed by atoms with Crippen molar-refractivity contribution >= 4 is 5.96 Å². The predicted molar refractivity (Wildman–Crippen MR) is 113 cm³/mol. The van der Waals surface area contributed by atoms with Crippen LogP contribution in [0.25, 0.3) is 0 Å². The van der Waals surface area contributed by atoms with Crippen molar-refractivity contribution in [3.63, 3.8) is 0 Å². The van der Waals surface area contributed by atoms with Crippen LogP contribution in [-0.2, 0) is 19.6 Å². The molecule has 0 fully saturated rings. The fourth-order valence-corrected chi connectivity index (χ4v) is 2.86. The third kappa shape index (κ3) is 8.07. The molecule has 0 amide bonds. The van der Waals surface area contributed by atoms with Crippen LogP contribution in [0.5, 0.6) is 5.75 Å². The summed E-state index contributed by atoms with van der Waals surface area (Å²) < 4.78 is 29.9. The van der Waals surface area contributed by atoms with Crippen LogP contribution in [0.4, 0.5) is 8.78 Å². The van der Waals surface area contributed by atoms with E-state index in [4.69, 9.17) is 0 Å². The minimum atomic E-state index is -2.85. The van der Waals surface area contributed by atoms with Gasteiger partial charge in [0, 0.05) is 25.2 Å². The quantitative estimate of drug-likeness (QED) is 0.491. The highest BCUT2D eigenvalue weighted by Gasteiger charge is 2.10. The highest BCUT2D eigenvalue weighted by Crippen LogP contribution is 2.22. The maximum Gasteiger partial charge on any atom is 0.387 e. The van der Waals surface area contributed by atoms with E-state index in [0.717, 1.165) is 17.7 Å². The summed E-state index contributed by atoms with van der Waals surface area (Å²) in [5.74, 6) is 0.791. The van der Waals surface area contributed by atoms with Crippen molar-refractivity contribution in [1.82, 2.24) is 15.5 Å². The summed E-state index contributed by atoms with van der Waals surface area (Å²) >= 11 is 0. The molecule has 2 aromatic rings. The summed E-state index contributed by atoms with van der Waals surface area (Å²) in [6.07, 6.45) is 0. The average Bonchev–Trinajstić information content (AvgIpc) is 2.66. The van der Waals surface area contributed by atoms with Crippen LogP contribution in [0.2, 0.25) is 0 Å². The van der Waals surface area contributed by atoms with Crippen LogP contribution in [0.15, 0.2) is 47.5 Å². The molecule has 2 aromatic carbocycles. The molecule has 0 aliphatic heterocycles. The molecule has 0 saturated carbocycles. The number of aryl methyl sites for hydroxylation is 1. The molecule has 2 rings (SSSR count). The van der Waals surface area contributed by atoms with Crippen molar-refractivity contribution in [2.24, 2.45) is 4.99 Å². The Morgan fingerprint density at radius 1 is 1.07 bits per heavy atom. The van der Waals surface area contributed by atoms with Crippen LogP contribution in [-0.4, -0.2) is 38.1 Å². The first-order valence-electron chi connectivity index (χ1n) is 9.66. The van der Waals surface area contributed by atoms with Gasteiger partial charge >= 0.3 is 6.61 Å². The lowest BCUT2D eigenvalue weighted by Crippen LogP contribution is -2.36. The molecule has 0 radical (unpaired) electrons. The Morgan fingerprint density at radius 3 is 2.38 bits per heavy atom. The number of aliphatic imine (C=N–C) groups is 1. The zero-order valence-corrected chi connectivity index (χ0v) is 17.5. The predicted octanol–water partition coefficient (Wildman–Crippen LogP) is 3.91. The highest BCUT2D eigenvalue weighted by molar-refractivity contribution is 5.79. The second-order valence-electron chi connectivity index (χ2n) is 7.09. The Balaban J connectivity index is 2.03. The number of rotatable bonds is 9. The lowest BCUT2D eigenvalue weighted by molar-refractivity contribution is -0.0504. The summed E-state index contributed by atoms with van der Waals surface area (Å²) in [6.45, 7) is 3.48. The van der Waals surface area contributed by atoms with Crippen LogP contribution < -0.4 is 15.4 Å². The maximum absolute atomic E-state index is 12.6. The van der Waals surface area contributed by atoms with Crippen molar-refractivity contribution in [1.29, 1.82) is 0 Å². The summed E-state index contributed by atoms with van der Waals surface area (Å²) in [7, 11) is 4.08. The SMILES string of the molecule is CCNC(=NCc1ccc(CN(C)C)cc1)NCc1cc(C)ccc1OC(F)F. The van der Waals surface area contributed by atoms with Crippen molar-refractivity contribution in [3.05, 3.63) is 64.7 Å². The van der Waals surface area contributed by atoms with Gasteiger partial charge in [-0.3, -0.25) is 0 Å². The second kappa shape index (κ2) is 11.4. The van der Waals surface area contributed by atoms with Gasteiger partial charge in [-0.25, -0.2) is 4.99 Å². The molecule has 0 aromatic heterocycles. The number of ether oxygens (including phenoxy) is 1. The molecule has 0 aliphatic carbocycles. The molecule has 7 heteroatoms. The molecule has 0 unspecified atom stereocenters. The lowest BCUT2D eigenvalue weighted by Gasteiger charge is -2.15. The largest absolute Gasteiger partial charge is 0.434 e. The Kier molecular flexibility index (Phi) is 8.86. The van der Waals surface area contributed by atoms with Crippen molar-refractivity contribution in [2.75, 3.05) is 20.6 Å². The Hall–Kier alpha value is -2.67. The number of alkyl halides is 2.